The van der Waals surface area contributed by atoms with Crippen LogP contribution in [0, 0.1) is 6.92 Å². The van der Waals surface area contributed by atoms with Crippen molar-refractivity contribution in [3.63, 3.8) is 0 Å². The van der Waals surface area contributed by atoms with Crippen molar-refractivity contribution in [3.8, 4) is 17.0 Å². The number of halogens is 1. The van der Waals surface area contributed by atoms with Crippen molar-refractivity contribution in [3.05, 3.63) is 63.8 Å². The number of nitrogens with one attached hydrogen (secondary N) is 1. The van der Waals surface area contributed by atoms with Gasteiger partial charge >= 0.3 is 0 Å². The summed E-state index contributed by atoms with van der Waals surface area (Å²) in [5, 5.41) is 3.39. The van der Waals surface area contributed by atoms with Gasteiger partial charge in [0.15, 0.2) is 0 Å². The predicted octanol–water partition coefficient (Wildman–Crippen LogP) is 5.44. The summed E-state index contributed by atoms with van der Waals surface area (Å²) >= 11 is 5.21. The first-order valence-corrected chi connectivity index (χ1v) is 10.1. The van der Waals surface area contributed by atoms with Gasteiger partial charge in [-0.1, -0.05) is 22.0 Å². The number of hydrogen-bond acceptors (Lipinski definition) is 6. The highest BCUT2D eigenvalue weighted by Crippen LogP contribution is 2.27. The monoisotopic (exact) mass is 440 g/mol. The summed E-state index contributed by atoms with van der Waals surface area (Å²) in [4.78, 5) is 13.5. The van der Waals surface area contributed by atoms with Crippen LogP contribution < -0.4 is 10.1 Å². The van der Waals surface area contributed by atoms with Crippen molar-refractivity contribution in [2.45, 2.75) is 13.5 Å². The van der Waals surface area contributed by atoms with Crippen molar-refractivity contribution in [2.24, 2.45) is 0 Å². The number of aryl methyl sites for hydroxylation is 1. The van der Waals surface area contributed by atoms with Gasteiger partial charge in [-0.3, -0.25) is 0 Å². The number of rotatable bonds is 5. The molecule has 2 aromatic carbocycles. The number of nitrogens with zero attached hydrogens (tertiary/aromatic N) is 3. The van der Waals surface area contributed by atoms with Crippen LogP contribution in [0.5, 0.6) is 5.75 Å². The summed E-state index contributed by atoms with van der Waals surface area (Å²) in [6, 6.07) is 14.1. The van der Waals surface area contributed by atoms with Gasteiger partial charge in [0.25, 0.3) is 0 Å². The second-order valence-corrected chi connectivity index (χ2v) is 7.77. The molecule has 0 radical (unpaired) electrons. The fourth-order valence-electron chi connectivity index (χ4n) is 2.82. The summed E-state index contributed by atoms with van der Waals surface area (Å²) in [5.41, 5.74) is 5.92. The molecular formula is C20H17BrN4OS. The molecule has 0 aliphatic heterocycles. The Bertz CT molecular complexity index is 1110. The number of methoxy groups -OCH3 is 1. The second-order valence-electron chi connectivity index (χ2n) is 6.03. The Labute approximate surface area is 169 Å². The van der Waals surface area contributed by atoms with Gasteiger partial charge in [-0.15, -0.1) is 11.3 Å². The molecule has 5 nitrogen and oxygen atoms in total. The summed E-state index contributed by atoms with van der Waals surface area (Å²) < 4.78 is 7.48. The van der Waals surface area contributed by atoms with Gasteiger partial charge in [-0.05, 0) is 42.8 Å². The van der Waals surface area contributed by atoms with Crippen molar-refractivity contribution >= 4 is 43.3 Å². The molecule has 0 unspecified atom stereocenters. The lowest BCUT2D eigenvalue weighted by atomic mass is 10.1. The molecule has 0 atom stereocenters. The molecule has 7 heteroatoms. The Hall–Kier alpha value is -2.51. The van der Waals surface area contributed by atoms with E-state index in [0.717, 1.165) is 48.9 Å². The molecule has 1 N–H and O–H groups in total. The molecule has 0 aliphatic rings. The van der Waals surface area contributed by atoms with E-state index in [1.807, 2.05) is 48.8 Å². The van der Waals surface area contributed by atoms with Crippen molar-refractivity contribution in [2.75, 3.05) is 12.4 Å². The maximum atomic E-state index is 5.31. The Morgan fingerprint density at radius 2 is 2.00 bits per heavy atom. The standard InChI is InChI=1S/C20H17BrN4OS/c1-12-24-18(13-3-6-17-19(8-13)27-11-23-17)9-20(25-12)22-10-14-7-15(26-2)4-5-16(14)21/h3-9,11H,10H2,1-2H3,(H,22,24,25). The summed E-state index contributed by atoms with van der Waals surface area (Å²) in [6.07, 6.45) is 0. The van der Waals surface area contributed by atoms with Gasteiger partial charge in [-0.25, -0.2) is 15.0 Å². The maximum Gasteiger partial charge on any atom is 0.130 e. The van der Waals surface area contributed by atoms with E-state index in [1.165, 1.54) is 0 Å². The molecule has 0 spiro atoms. The van der Waals surface area contributed by atoms with Crippen LogP contribution >= 0.6 is 27.3 Å². The Morgan fingerprint density at radius 1 is 1.11 bits per heavy atom. The van der Waals surface area contributed by atoms with Gasteiger partial charge in [0.2, 0.25) is 0 Å². The van der Waals surface area contributed by atoms with Gasteiger partial charge in [0.1, 0.15) is 17.4 Å². The number of hydrogen-bond donors (Lipinski definition) is 1. The van der Waals surface area contributed by atoms with Crippen LogP contribution in [0.2, 0.25) is 0 Å². The van der Waals surface area contributed by atoms with Gasteiger partial charge in [0, 0.05) is 22.6 Å². The summed E-state index contributed by atoms with van der Waals surface area (Å²) in [5.74, 6) is 2.34. The molecule has 0 aliphatic carbocycles. The number of benzene rings is 2. The SMILES string of the molecule is COc1ccc(Br)c(CNc2cc(-c3ccc4ncsc4c3)nc(C)n2)c1. The van der Waals surface area contributed by atoms with Crippen LogP contribution in [0.15, 0.2) is 52.4 Å². The number of fused-ring (bicyclic) bond motifs is 1. The lowest BCUT2D eigenvalue weighted by Gasteiger charge is -2.11. The van der Waals surface area contributed by atoms with Crippen LogP contribution in [0.4, 0.5) is 5.82 Å². The highest BCUT2D eigenvalue weighted by molar-refractivity contribution is 9.10. The molecular weight excluding hydrogens is 424 g/mol. The highest BCUT2D eigenvalue weighted by atomic mass is 79.9. The van der Waals surface area contributed by atoms with Crippen molar-refractivity contribution in [1.29, 1.82) is 0 Å². The first-order chi connectivity index (χ1) is 13.1. The fraction of sp³-hybridized carbons (Fsp3) is 0.150. The predicted molar refractivity (Wildman–Crippen MR) is 113 cm³/mol. The first kappa shape index (κ1) is 17.9. The largest absolute Gasteiger partial charge is 0.497 e. The molecule has 0 bridgehead atoms. The van der Waals surface area contributed by atoms with E-state index in [-0.39, 0.29) is 0 Å². The van der Waals surface area contributed by atoms with E-state index < -0.39 is 0 Å². The Morgan fingerprint density at radius 3 is 2.85 bits per heavy atom. The Kier molecular flexibility index (Phi) is 5.05. The zero-order valence-electron chi connectivity index (χ0n) is 14.9. The van der Waals surface area contributed by atoms with Crippen LogP contribution in [-0.4, -0.2) is 22.1 Å². The van der Waals surface area contributed by atoms with E-state index >= 15 is 0 Å². The summed E-state index contributed by atoms with van der Waals surface area (Å²) in [6.45, 7) is 2.53. The van der Waals surface area contributed by atoms with Crippen molar-refractivity contribution in [1.82, 2.24) is 15.0 Å². The molecule has 4 rings (SSSR count). The van der Waals surface area contributed by atoms with Gasteiger partial charge in [-0.2, -0.15) is 0 Å². The van der Waals surface area contributed by atoms with E-state index in [9.17, 15) is 0 Å². The number of ether oxygens (including phenoxy) is 1. The fourth-order valence-corrected chi connectivity index (χ4v) is 3.92. The minimum Gasteiger partial charge on any atom is -0.497 e. The number of aromatic nitrogens is 3. The first-order valence-electron chi connectivity index (χ1n) is 8.38. The van der Waals surface area contributed by atoms with Crippen LogP contribution in [0.1, 0.15) is 11.4 Å². The normalized spacial score (nSPS) is 10.9. The zero-order valence-corrected chi connectivity index (χ0v) is 17.3. The third kappa shape index (κ3) is 3.94. The third-order valence-electron chi connectivity index (χ3n) is 4.18. The quantitative estimate of drug-likeness (QED) is 0.447. The molecule has 136 valence electrons. The topological polar surface area (TPSA) is 59.9 Å². The highest BCUT2D eigenvalue weighted by Gasteiger charge is 2.08. The lowest BCUT2D eigenvalue weighted by molar-refractivity contribution is 0.414. The molecule has 0 amide bonds. The summed E-state index contributed by atoms with van der Waals surface area (Å²) in [7, 11) is 1.67. The minimum absolute atomic E-state index is 0.627. The number of anilines is 1. The lowest BCUT2D eigenvalue weighted by Crippen LogP contribution is -2.04. The second kappa shape index (κ2) is 7.62. The molecule has 4 aromatic rings. The van der Waals surface area contributed by atoms with Crippen LogP contribution in [-0.2, 0) is 6.54 Å². The minimum atomic E-state index is 0.627. The van der Waals surface area contributed by atoms with Gasteiger partial charge < -0.3 is 10.1 Å². The van der Waals surface area contributed by atoms with Gasteiger partial charge in [0.05, 0.1) is 28.5 Å². The Balaban J connectivity index is 1.61. The molecule has 0 saturated heterocycles. The van der Waals surface area contributed by atoms with Crippen LogP contribution in [0.3, 0.4) is 0 Å². The smallest absolute Gasteiger partial charge is 0.130 e. The molecule has 2 aromatic heterocycles. The third-order valence-corrected chi connectivity index (χ3v) is 5.74. The molecule has 0 fully saturated rings. The maximum absolute atomic E-state index is 5.31. The average Bonchev–Trinajstić information content (AvgIpc) is 3.15. The van der Waals surface area contributed by atoms with E-state index in [0.29, 0.717) is 6.54 Å². The zero-order chi connectivity index (χ0) is 18.8. The molecule has 2 heterocycles. The van der Waals surface area contributed by atoms with E-state index in [1.54, 1.807) is 18.4 Å². The molecule has 0 saturated carbocycles. The molecule has 27 heavy (non-hydrogen) atoms. The van der Waals surface area contributed by atoms with E-state index in [4.69, 9.17) is 4.74 Å². The average molecular weight is 441 g/mol. The number of thiazole rings is 1. The van der Waals surface area contributed by atoms with Crippen molar-refractivity contribution < 1.29 is 4.74 Å². The van der Waals surface area contributed by atoms with Crippen LogP contribution in [0.25, 0.3) is 21.5 Å². The van der Waals surface area contributed by atoms with E-state index in [2.05, 4.69) is 42.3 Å².